The van der Waals surface area contributed by atoms with Crippen LogP contribution < -0.4 is 0 Å². The highest BCUT2D eigenvalue weighted by molar-refractivity contribution is 6.30. The lowest BCUT2D eigenvalue weighted by atomic mass is 9.80. The zero-order valence-electron chi connectivity index (χ0n) is 16.7. The van der Waals surface area contributed by atoms with Gasteiger partial charge in [-0.1, -0.05) is 60.1 Å². The Labute approximate surface area is 180 Å². The molecular weight excluding hydrogens is 394 g/mol. The van der Waals surface area contributed by atoms with Crippen LogP contribution in [-0.2, 0) is 12.1 Å². The molecule has 0 radical (unpaired) electrons. The minimum Gasteiger partial charge on any atom is -0.463 e. The van der Waals surface area contributed by atoms with Crippen LogP contribution in [0.5, 0.6) is 0 Å². The van der Waals surface area contributed by atoms with Crippen molar-refractivity contribution in [2.24, 2.45) is 0 Å². The summed E-state index contributed by atoms with van der Waals surface area (Å²) in [6, 6.07) is 21.2. The molecule has 3 heterocycles. The monoisotopic (exact) mass is 417 g/mol. The van der Waals surface area contributed by atoms with Crippen LogP contribution in [0.3, 0.4) is 0 Å². The van der Waals surface area contributed by atoms with Gasteiger partial charge in [0.2, 0.25) is 0 Å². The van der Waals surface area contributed by atoms with Gasteiger partial charge in [0, 0.05) is 40.0 Å². The summed E-state index contributed by atoms with van der Waals surface area (Å²) in [4.78, 5) is 2.59. The van der Waals surface area contributed by atoms with Gasteiger partial charge < -0.3 is 9.52 Å². The van der Waals surface area contributed by atoms with E-state index in [-0.39, 0.29) is 0 Å². The Hall–Kier alpha value is -2.33. The Morgan fingerprint density at radius 3 is 2.43 bits per heavy atom. The summed E-state index contributed by atoms with van der Waals surface area (Å²) < 4.78 is 6.03. The van der Waals surface area contributed by atoms with Crippen molar-refractivity contribution in [3.8, 4) is 0 Å². The van der Waals surface area contributed by atoms with E-state index in [9.17, 15) is 5.11 Å². The molecule has 0 aliphatic carbocycles. The van der Waals surface area contributed by atoms with Crippen molar-refractivity contribution in [2.75, 3.05) is 0 Å². The van der Waals surface area contributed by atoms with Crippen LogP contribution in [0.2, 0.25) is 5.02 Å². The van der Waals surface area contributed by atoms with Gasteiger partial charge in [-0.05, 0) is 48.8 Å². The minimum atomic E-state index is -0.762. The van der Waals surface area contributed by atoms with Gasteiger partial charge in [0.05, 0.1) is 11.9 Å². The number of aliphatic hydroxyl groups is 1. The predicted molar refractivity (Wildman–Crippen MR) is 121 cm³/mol. The molecule has 1 aromatic heterocycles. The summed E-state index contributed by atoms with van der Waals surface area (Å²) in [5.41, 5.74) is 2.44. The van der Waals surface area contributed by atoms with Gasteiger partial charge in [-0.2, -0.15) is 0 Å². The third-order valence-corrected chi connectivity index (χ3v) is 7.45. The smallest absolute Gasteiger partial charge is 0.142 e. The first-order valence-electron chi connectivity index (χ1n) is 10.7. The Kier molecular flexibility index (Phi) is 4.21. The molecule has 2 saturated heterocycles. The summed E-state index contributed by atoms with van der Waals surface area (Å²) >= 11 is 6.05. The van der Waals surface area contributed by atoms with Gasteiger partial charge in [-0.25, -0.2) is 0 Å². The van der Waals surface area contributed by atoms with E-state index < -0.39 is 5.60 Å². The molecule has 1 N–H and O–H groups in total. The molecule has 152 valence electrons. The fourth-order valence-electron chi connectivity index (χ4n) is 5.71. The minimum absolute atomic E-state index is 0.384. The maximum absolute atomic E-state index is 11.5. The number of hydrogen-bond donors (Lipinski definition) is 1. The third-order valence-electron chi connectivity index (χ3n) is 7.20. The number of halogens is 1. The number of rotatable bonds is 3. The van der Waals surface area contributed by atoms with Crippen molar-refractivity contribution in [3.63, 3.8) is 0 Å². The van der Waals surface area contributed by atoms with E-state index in [1.165, 1.54) is 21.7 Å². The molecule has 2 atom stereocenters. The van der Waals surface area contributed by atoms with Crippen molar-refractivity contribution >= 4 is 33.3 Å². The van der Waals surface area contributed by atoms with Crippen LogP contribution >= 0.6 is 11.6 Å². The Bertz CT molecular complexity index is 1210. The zero-order valence-corrected chi connectivity index (χ0v) is 17.5. The average Bonchev–Trinajstić information content (AvgIpc) is 3.28. The lowest BCUT2D eigenvalue weighted by Crippen LogP contribution is -2.49. The Morgan fingerprint density at radius 1 is 0.933 bits per heavy atom. The second-order valence-corrected chi connectivity index (χ2v) is 9.36. The van der Waals surface area contributed by atoms with Crippen molar-refractivity contribution in [1.29, 1.82) is 0 Å². The van der Waals surface area contributed by atoms with E-state index in [2.05, 4.69) is 41.3 Å². The number of piperidine rings is 1. The normalized spacial score (nSPS) is 26.6. The van der Waals surface area contributed by atoms with Crippen LogP contribution in [-0.4, -0.2) is 22.1 Å². The summed E-state index contributed by atoms with van der Waals surface area (Å²) in [5.74, 6) is 0. The first-order chi connectivity index (χ1) is 14.6. The summed E-state index contributed by atoms with van der Waals surface area (Å²) in [5, 5.41) is 15.7. The van der Waals surface area contributed by atoms with Gasteiger partial charge in [-0.15, -0.1) is 0 Å². The lowest BCUT2D eigenvalue weighted by Gasteiger charge is -2.44. The van der Waals surface area contributed by atoms with Crippen LogP contribution in [0.25, 0.3) is 21.7 Å². The molecule has 0 amide bonds. The molecule has 2 aliphatic heterocycles. The van der Waals surface area contributed by atoms with Crippen molar-refractivity contribution in [2.45, 2.75) is 49.9 Å². The van der Waals surface area contributed by atoms with Crippen LogP contribution in [0.1, 0.15) is 36.8 Å². The van der Waals surface area contributed by atoms with Gasteiger partial charge in [0.1, 0.15) is 5.58 Å². The molecule has 2 fully saturated rings. The molecule has 0 spiro atoms. The largest absolute Gasteiger partial charge is 0.463 e. The number of hydrogen-bond acceptors (Lipinski definition) is 3. The summed E-state index contributed by atoms with van der Waals surface area (Å²) in [7, 11) is 0. The summed E-state index contributed by atoms with van der Waals surface area (Å²) in [6.45, 7) is 0.872. The Morgan fingerprint density at radius 2 is 1.67 bits per heavy atom. The lowest BCUT2D eigenvalue weighted by molar-refractivity contribution is -0.0594. The fraction of sp³-hybridized carbons (Fsp3) is 0.308. The van der Waals surface area contributed by atoms with Gasteiger partial charge in [0.15, 0.2) is 0 Å². The number of nitrogens with zero attached hydrogens (tertiary/aromatic N) is 1. The van der Waals surface area contributed by atoms with Crippen molar-refractivity contribution < 1.29 is 9.52 Å². The fourth-order valence-corrected chi connectivity index (χ4v) is 5.83. The molecule has 2 aliphatic rings. The highest BCUT2D eigenvalue weighted by Gasteiger charge is 2.48. The third kappa shape index (κ3) is 2.88. The molecule has 4 heteroatoms. The highest BCUT2D eigenvalue weighted by Crippen LogP contribution is 2.47. The molecule has 6 rings (SSSR count). The predicted octanol–water partition coefficient (Wildman–Crippen LogP) is 6.25. The van der Waals surface area contributed by atoms with E-state index in [0.717, 1.165) is 43.4 Å². The quantitative estimate of drug-likeness (QED) is 0.427. The van der Waals surface area contributed by atoms with E-state index in [0.29, 0.717) is 17.1 Å². The SMILES string of the molecule is OC1(c2ccc(Cl)cc2)CC2CCC(C1)N2Cc1coc2c1ccc1ccccc12. The number of benzene rings is 3. The molecule has 3 nitrogen and oxygen atoms in total. The topological polar surface area (TPSA) is 36.6 Å². The molecule has 0 saturated carbocycles. The highest BCUT2D eigenvalue weighted by atomic mass is 35.5. The Balaban J connectivity index is 1.29. The zero-order chi connectivity index (χ0) is 20.3. The second kappa shape index (κ2) is 6.84. The van der Waals surface area contributed by atoms with Crippen LogP contribution in [0, 0.1) is 0 Å². The number of fused-ring (bicyclic) bond motifs is 5. The molecule has 2 bridgehead atoms. The molecule has 4 aromatic rings. The molecular formula is C26H24ClNO2. The standard InChI is InChI=1S/C26H24ClNO2/c27-20-8-6-19(7-9-20)26(29)13-21-10-11-22(14-26)28(21)15-18-16-30-25-23-4-2-1-3-17(23)5-12-24(18)25/h1-9,12,16,21-22,29H,10-11,13-15H2. The first kappa shape index (κ1) is 18.4. The first-order valence-corrected chi connectivity index (χ1v) is 11.1. The van der Waals surface area contributed by atoms with Gasteiger partial charge in [-0.3, -0.25) is 4.90 Å². The van der Waals surface area contributed by atoms with Crippen LogP contribution in [0.4, 0.5) is 0 Å². The van der Waals surface area contributed by atoms with Gasteiger partial charge in [0.25, 0.3) is 0 Å². The molecule has 2 unspecified atom stereocenters. The van der Waals surface area contributed by atoms with Crippen molar-refractivity contribution in [3.05, 3.63) is 83.1 Å². The van der Waals surface area contributed by atoms with Gasteiger partial charge >= 0.3 is 0 Å². The maximum Gasteiger partial charge on any atom is 0.142 e. The maximum atomic E-state index is 11.5. The second-order valence-electron chi connectivity index (χ2n) is 8.93. The van der Waals surface area contributed by atoms with Crippen LogP contribution in [0.15, 0.2) is 71.3 Å². The molecule has 3 aromatic carbocycles. The van der Waals surface area contributed by atoms with E-state index in [1.807, 2.05) is 30.5 Å². The summed E-state index contributed by atoms with van der Waals surface area (Å²) in [6.07, 6.45) is 5.74. The van der Waals surface area contributed by atoms with E-state index >= 15 is 0 Å². The molecule has 30 heavy (non-hydrogen) atoms. The van der Waals surface area contributed by atoms with E-state index in [4.69, 9.17) is 16.0 Å². The number of furan rings is 1. The average molecular weight is 418 g/mol. The van der Waals surface area contributed by atoms with Crippen molar-refractivity contribution in [1.82, 2.24) is 4.90 Å². The van der Waals surface area contributed by atoms with E-state index in [1.54, 1.807) is 0 Å².